The highest BCUT2D eigenvalue weighted by molar-refractivity contribution is 5.95. The highest BCUT2D eigenvalue weighted by Crippen LogP contribution is 2.44. The van der Waals surface area contributed by atoms with Crippen LogP contribution in [0.15, 0.2) is 42.6 Å². The van der Waals surface area contributed by atoms with Gasteiger partial charge in [0.2, 0.25) is 0 Å². The number of fused-ring (bicyclic) bond motifs is 1. The molecule has 5 heteroatoms. The molecule has 0 N–H and O–H groups in total. The normalized spacial score (nSPS) is 24.0. The van der Waals surface area contributed by atoms with Crippen LogP contribution in [0.2, 0.25) is 0 Å². The van der Waals surface area contributed by atoms with E-state index in [9.17, 15) is 9.18 Å². The Hall–Kier alpha value is -2.43. The molecular formula is C22H26FN3O. The lowest BCUT2D eigenvalue weighted by Crippen LogP contribution is -2.53. The number of halogens is 1. The van der Waals surface area contributed by atoms with Crippen molar-refractivity contribution in [2.75, 3.05) is 11.4 Å². The molecule has 2 aliphatic heterocycles. The summed E-state index contributed by atoms with van der Waals surface area (Å²) in [5.41, 5.74) is 2.21. The molecular weight excluding hydrogens is 341 g/mol. The summed E-state index contributed by atoms with van der Waals surface area (Å²) in [6, 6.07) is 10.8. The van der Waals surface area contributed by atoms with Crippen LogP contribution in [0.3, 0.4) is 0 Å². The maximum atomic E-state index is 13.9. The summed E-state index contributed by atoms with van der Waals surface area (Å²) < 4.78 is 13.9. The largest absolute Gasteiger partial charge is 0.361 e. The lowest BCUT2D eigenvalue weighted by Gasteiger charge is -2.42. The summed E-state index contributed by atoms with van der Waals surface area (Å²) in [5.74, 6) is -0.159. The van der Waals surface area contributed by atoms with E-state index < -0.39 is 0 Å². The monoisotopic (exact) mass is 367 g/mol. The number of hydrogen-bond donors (Lipinski definition) is 0. The first-order valence-corrected chi connectivity index (χ1v) is 9.66. The molecule has 0 unspecified atom stereocenters. The summed E-state index contributed by atoms with van der Waals surface area (Å²) >= 11 is 0. The molecule has 2 aromatic rings. The number of carbonyl (C=O) groups excluding carboxylic acids is 1. The molecule has 27 heavy (non-hydrogen) atoms. The van der Waals surface area contributed by atoms with Gasteiger partial charge >= 0.3 is 0 Å². The van der Waals surface area contributed by atoms with E-state index in [0.717, 1.165) is 37.2 Å². The van der Waals surface area contributed by atoms with Crippen molar-refractivity contribution >= 4 is 11.6 Å². The number of carbonyl (C=O) groups is 1. The Morgan fingerprint density at radius 2 is 2.04 bits per heavy atom. The zero-order valence-corrected chi connectivity index (χ0v) is 16.2. The number of piperidine rings is 1. The predicted octanol–water partition coefficient (Wildman–Crippen LogP) is 4.19. The predicted molar refractivity (Wildman–Crippen MR) is 104 cm³/mol. The lowest BCUT2D eigenvalue weighted by atomic mass is 9.93. The molecule has 2 fully saturated rings. The van der Waals surface area contributed by atoms with Gasteiger partial charge in [0, 0.05) is 29.7 Å². The van der Waals surface area contributed by atoms with Gasteiger partial charge in [0.05, 0.1) is 17.6 Å². The maximum absolute atomic E-state index is 13.9. The number of nitrogens with zero attached hydrogens (tertiary/aromatic N) is 3. The van der Waals surface area contributed by atoms with Gasteiger partial charge in [-0.1, -0.05) is 6.07 Å². The number of benzene rings is 1. The molecule has 4 rings (SSSR count). The maximum Gasteiger partial charge on any atom is 0.256 e. The fourth-order valence-corrected chi connectivity index (χ4v) is 4.93. The Morgan fingerprint density at radius 3 is 2.78 bits per heavy atom. The van der Waals surface area contributed by atoms with Crippen molar-refractivity contribution in [1.82, 2.24) is 9.88 Å². The molecule has 2 atom stereocenters. The first kappa shape index (κ1) is 18.0. The van der Waals surface area contributed by atoms with Crippen LogP contribution in [-0.2, 0) is 0 Å². The number of anilines is 1. The van der Waals surface area contributed by atoms with Crippen molar-refractivity contribution in [3.05, 3.63) is 59.7 Å². The van der Waals surface area contributed by atoms with Gasteiger partial charge in [-0.05, 0) is 70.4 Å². The minimum atomic E-state index is -0.221. The van der Waals surface area contributed by atoms with Crippen LogP contribution in [0.1, 0.15) is 49.2 Å². The number of amides is 1. The first-order chi connectivity index (χ1) is 12.9. The second-order valence-electron chi connectivity index (χ2n) is 8.28. The molecule has 0 aliphatic carbocycles. The van der Waals surface area contributed by atoms with Crippen molar-refractivity contribution in [2.45, 2.75) is 57.7 Å². The fourth-order valence-electron chi connectivity index (χ4n) is 4.93. The molecule has 0 saturated carbocycles. The first-order valence-electron chi connectivity index (χ1n) is 9.66. The molecule has 2 saturated heterocycles. The zero-order valence-electron chi connectivity index (χ0n) is 16.2. The van der Waals surface area contributed by atoms with E-state index >= 15 is 0 Å². The standard InChI is InChI=1S/C22H26FN3O/c1-15-18(9-5-11-24-15)21(27)25-12-6-10-19-20(25)14-22(2,3)26(19)17-8-4-7-16(23)13-17/h4-5,7-9,11,13,19-20H,6,10,12,14H2,1-3H3/t19-,20-/m0/s1. The topological polar surface area (TPSA) is 36.4 Å². The van der Waals surface area contributed by atoms with E-state index in [-0.39, 0.29) is 29.3 Å². The third-order valence-electron chi connectivity index (χ3n) is 6.02. The van der Waals surface area contributed by atoms with E-state index in [1.807, 2.05) is 30.0 Å². The number of rotatable bonds is 2. The minimum absolute atomic E-state index is 0.0622. The van der Waals surface area contributed by atoms with E-state index in [1.54, 1.807) is 18.3 Å². The summed E-state index contributed by atoms with van der Waals surface area (Å²) in [6.45, 7) is 7.02. The van der Waals surface area contributed by atoms with Gasteiger partial charge in [0.25, 0.3) is 5.91 Å². The zero-order chi connectivity index (χ0) is 19.2. The molecule has 0 spiro atoms. The molecule has 2 aliphatic rings. The second kappa shape index (κ2) is 6.63. The summed E-state index contributed by atoms with van der Waals surface area (Å²) in [5, 5.41) is 0. The molecule has 142 valence electrons. The smallest absolute Gasteiger partial charge is 0.256 e. The van der Waals surface area contributed by atoms with Crippen LogP contribution < -0.4 is 4.90 Å². The minimum Gasteiger partial charge on any atom is -0.361 e. The molecule has 4 nitrogen and oxygen atoms in total. The van der Waals surface area contributed by atoms with E-state index in [2.05, 4.69) is 23.7 Å². The van der Waals surface area contributed by atoms with Crippen LogP contribution in [0.5, 0.6) is 0 Å². The Labute approximate surface area is 160 Å². The SMILES string of the molecule is Cc1ncccc1C(=O)N1CCC[C@H]2[C@@H]1CC(C)(C)N2c1cccc(F)c1. The number of likely N-dealkylation sites (tertiary alicyclic amines) is 1. The van der Waals surface area contributed by atoms with Crippen molar-refractivity contribution in [3.63, 3.8) is 0 Å². The van der Waals surface area contributed by atoms with Gasteiger partial charge < -0.3 is 9.80 Å². The third kappa shape index (κ3) is 3.09. The number of pyridine rings is 1. The average Bonchev–Trinajstić information content (AvgIpc) is 2.91. The lowest BCUT2D eigenvalue weighted by molar-refractivity contribution is 0.0604. The van der Waals surface area contributed by atoms with Gasteiger partial charge in [-0.3, -0.25) is 9.78 Å². The molecule has 3 heterocycles. The van der Waals surface area contributed by atoms with Crippen LogP contribution in [0, 0.1) is 12.7 Å². The Balaban J connectivity index is 1.68. The van der Waals surface area contributed by atoms with Crippen molar-refractivity contribution < 1.29 is 9.18 Å². The van der Waals surface area contributed by atoms with Crippen molar-refractivity contribution in [2.24, 2.45) is 0 Å². The number of aryl methyl sites for hydroxylation is 1. The Kier molecular flexibility index (Phi) is 4.41. The highest BCUT2D eigenvalue weighted by Gasteiger charge is 2.50. The molecule has 0 radical (unpaired) electrons. The van der Waals surface area contributed by atoms with Crippen molar-refractivity contribution in [1.29, 1.82) is 0 Å². The fraction of sp³-hybridized carbons (Fsp3) is 0.455. The van der Waals surface area contributed by atoms with E-state index in [4.69, 9.17) is 0 Å². The Morgan fingerprint density at radius 1 is 1.22 bits per heavy atom. The molecule has 1 amide bonds. The van der Waals surface area contributed by atoms with Gasteiger partial charge in [-0.2, -0.15) is 0 Å². The van der Waals surface area contributed by atoms with Crippen LogP contribution in [-0.4, -0.2) is 40.0 Å². The van der Waals surface area contributed by atoms with Gasteiger partial charge in [-0.25, -0.2) is 4.39 Å². The van der Waals surface area contributed by atoms with Crippen LogP contribution >= 0.6 is 0 Å². The summed E-state index contributed by atoms with van der Waals surface area (Å²) in [7, 11) is 0. The highest BCUT2D eigenvalue weighted by atomic mass is 19.1. The van der Waals surface area contributed by atoms with Crippen LogP contribution in [0.4, 0.5) is 10.1 Å². The molecule has 0 bridgehead atoms. The summed E-state index contributed by atoms with van der Waals surface area (Å²) in [6.07, 6.45) is 4.56. The van der Waals surface area contributed by atoms with Gasteiger partial charge in [-0.15, -0.1) is 0 Å². The summed E-state index contributed by atoms with van der Waals surface area (Å²) in [4.78, 5) is 21.9. The van der Waals surface area contributed by atoms with E-state index in [1.165, 1.54) is 6.07 Å². The number of aromatic nitrogens is 1. The van der Waals surface area contributed by atoms with Crippen molar-refractivity contribution in [3.8, 4) is 0 Å². The quantitative estimate of drug-likeness (QED) is 0.798. The second-order valence-corrected chi connectivity index (χ2v) is 8.28. The van der Waals surface area contributed by atoms with Gasteiger partial charge in [0.15, 0.2) is 0 Å². The average molecular weight is 367 g/mol. The number of hydrogen-bond acceptors (Lipinski definition) is 3. The van der Waals surface area contributed by atoms with Crippen LogP contribution in [0.25, 0.3) is 0 Å². The molecule has 1 aromatic carbocycles. The molecule has 1 aromatic heterocycles. The Bertz CT molecular complexity index is 866. The third-order valence-corrected chi connectivity index (χ3v) is 6.02. The van der Waals surface area contributed by atoms with E-state index in [0.29, 0.717) is 5.56 Å². The van der Waals surface area contributed by atoms with Gasteiger partial charge in [0.1, 0.15) is 5.82 Å².